The number of aromatic nitrogens is 2. The van der Waals surface area contributed by atoms with E-state index in [0.29, 0.717) is 5.82 Å². The Morgan fingerprint density at radius 3 is 3.00 bits per heavy atom. The number of hydrogen-bond donors (Lipinski definition) is 1. The van der Waals surface area contributed by atoms with Gasteiger partial charge in [0.1, 0.15) is 6.20 Å². The van der Waals surface area contributed by atoms with Crippen LogP contribution in [0.1, 0.15) is 0 Å². The van der Waals surface area contributed by atoms with Crippen molar-refractivity contribution in [3.05, 3.63) is 6.20 Å². The molecule has 0 aliphatic rings. The zero-order valence-electron chi connectivity index (χ0n) is 3.88. The number of nitrogens with zero attached hydrogens (tertiary/aromatic N) is 2. The number of anilines is 1. The topological polar surface area (TPSA) is 51.0 Å². The van der Waals surface area contributed by atoms with Gasteiger partial charge in [0.25, 0.3) is 0 Å². The summed E-state index contributed by atoms with van der Waals surface area (Å²) in [4.78, 5) is 0. The van der Waals surface area contributed by atoms with Crippen LogP contribution in [0.4, 0.5) is 5.82 Å². The largest absolute Gasteiger partial charge is 0.369 e. The molecule has 0 aliphatic heterocycles. The zero-order chi connectivity index (χ0) is 5.11. The van der Waals surface area contributed by atoms with Gasteiger partial charge >= 0.3 is 0 Å². The summed E-state index contributed by atoms with van der Waals surface area (Å²) in [5.74, 6) is 0.653. The third-order valence-corrected chi connectivity index (χ3v) is 0.617. The maximum absolute atomic E-state index is 4.24. The molecule has 0 unspecified atom stereocenters. The molecule has 0 aliphatic carbocycles. The Bertz CT molecular complexity index is 125. The van der Waals surface area contributed by atoms with Crippen molar-refractivity contribution in [1.29, 1.82) is 0 Å². The summed E-state index contributed by atoms with van der Waals surface area (Å²) in [7, 11) is 1.75. The van der Waals surface area contributed by atoms with E-state index in [4.69, 9.17) is 0 Å². The summed E-state index contributed by atoms with van der Waals surface area (Å²) in [5.41, 5.74) is 0. The van der Waals surface area contributed by atoms with E-state index in [1.807, 2.05) is 0 Å². The molecule has 0 saturated carbocycles. The summed E-state index contributed by atoms with van der Waals surface area (Å²) in [5, 5.41) is 9.52. The van der Waals surface area contributed by atoms with E-state index in [9.17, 15) is 0 Å². The summed E-state index contributed by atoms with van der Waals surface area (Å²) in [6.07, 6.45) is 1.50. The van der Waals surface area contributed by atoms with Crippen LogP contribution in [0, 0.1) is 0 Å². The fourth-order valence-corrected chi connectivity index (χ4v) is 0.275. The van der Waals surface area contributed by atoms with Gasteiger partial charge in [0, 0.05) is 7.05 Å². The lowest BCUT2D eigenvalue weighted by molar-refractivity contribution is 0.308. The standard InChI is InChI=1S/C3H5N3O/c1-4-3-2-5-7-6-3/h2H,1H3,(H,4,6). The van der Waals surface area contributed by atoms with Gasteiger partial charge in [0.05, 0.1) is 0 Å². The fourth-order valence-electron chi connectivity index (χ4n) is 0.275. The second kappa shape index (κ2) is 1.59. The highest BCUT2D eigenvalue weighted by Gasteiger charge is 1.86. The normalized spacial score (nSPS) is 8.71. The highest BCUT2D eigenvalue weighted by molar-refractivity contribution is 5.25. The van der Waals surface area contributed by atoms with Crippen molar-refractivity contribution in [2.75, 3.05) is 12.4 Å². The minimum Gasteiger partial charge on any atom is -0.369 e. The number of nitrogens with one attached hydrogen (secondary N) is 1. The second-order valence-electron chi connectivity index (χ2n) is 1.04. The Hall–Kier alpha value is -1.06. The summed E-state index contributed by atoms with van der Waals surface area (Å²) in [6, 6.07) is 0. The highest BCUT2D eigenvalue weighted by Crippen LogP contribution is 1.92. The quantitative estimate of drug-likeness (QED) is 0.543. The smallest absolute Gasteiger partial charge is 0.190 e. The molecule has 0 fully saturated rings. The Morgan fingerprint density at radius 1 is 1.86 bits per heavy atom. The predicted molar refractivity (Wildman–Crippen MR) is 23.8 cm³/mol. The zero-order valence-corrected chi connectivity index (χ0v) is 3.88. The van der Waals surface area contributed by atoms with Gasteiger partial charge in [-0.3, -0.25) is 0 Å². The van der Waals surface area contributed by atoms with E-state index in [2.05, 4.69) is 20.3 Å². The molecule has 0 saturated heterocycles. The fraction of sp³-hybridized carbons (Fsp3) is 0.333. The van der Waals surface area contributed by atoms with E-state index in [1.165, 1.54) is 6.20 Å². The first-order valence-corrected chi connectivity index (χ1v) is 1.89. The lowest BCUT2D eigenvalue weighted by atomic mass is 10.8. The molecule has 0 radical (unpaired) electrons. The van der Waals surface area contributed by atoms with E-state index < -0.39 is 0 Å². The van der Waals surface area contributed by atoms with Crippen LogP contribution in [0.5, 0.6) is 0 Å². The second-order valence-corrected chi connectivity index (χ2v) is 1.04. The van der Waals surface area contributed by atoms with Gasteiger partial charge in [0.2, 0.25) is 0 Å². The maximum Gasteiger partial charge on any atom is 0.190 e. The molecule has 0 spiro atoms. The molecule has 0 atom stereocenters. The molecule has 1 aromatic heterocycles. The van der Waals surface area contributed by atoms with Gasteiger partial charge in [-0.15, -0.1) is 0 Å². The van der Waals surface area contributed by atoms with Crippen LogP contribution in [0.3, 0.4) is 0 Å². The van der Waals surface area contributed by atoms with Crippen molar-refractivity contribution in [3.8, 4) is 0 Å². The van der Waals surface area contributed by atoms with Crippen molar-refractivity contribution < 1.29 is 4.63 Å². The first kappa shape index (κ1) is 4.11. The maximum atomic E-state index is 4.24. The van der Waals surface area contributed by atoms with E-state index >= 15 is 0 Å². The van der Waals surface area contributed by atoms with Gasteiger partial charge in [-0.25, -0.2) is 4.63 Å². The Labute approximate surface area is 40.5 Å². The molecule has 1 rings (SSSR count). The molecule has 4 nitrogen and oxygen atoms in total. The van der Waals surface area contributed by atoms with Crippen LogP contribution in [0.25, 0.3) is 0 Å². The Balaban J connectivity index is 2.76. The van der Waals surface area contributed by atoms with Crippen molar-refractivity contribution in [3.63, 3.8) is 0 Å². The van der Waals surface area contributed by atoms with Crippen molar-refractivity contribution in [2.24, 2.45) is 0 Å². The monoisotopic (exact) mass is 99.0 g/mol. The first-order chi connectivity index (χ1) is 3.43. The third-order valence-electron chi connectivity index (χ3n) is 0.617. The average Bonchev–Trinajstić information content (AvgIpc) is 2.14. The highest BCUT2D eigenvalue weighted by atomic mass is 16.6. The van der Waals surface area contributed by atoms with Gasteiger partial charge < -0.3 is 5.32 Å². The molecule has 4 heteroatoms. The lowest BCUT2D eigenvalue weighted by Gasteiger charge is -1.80. The van der Waals surface area contributed by atoms with E-state index in [1.54, 1.807) is 7.05 Å². The van der Waals surface area contributed by atoms with Gasteiger partial charge in [-0.05, 0) is 5.16 Å². The summed E-state index contributed by atoms with van der Waals surface area (Å²) >= 11 is 0. The molecule has 38 valence electrons. The molecular formula is C3H5N3O. The molecular weight excluding hydrogens is 94.1 g/mol. The lowest BCUT2D eigenvalue weighted by Crippen LogP contribution is -1.84. The minimum atomic E-state index is 0.653. The molecule has 1 N–H and O–H groups in total. The Kier molecular flexibility index (Phi) is 0.934. The van der Waals surface area contributed by atoms with Gasteiger partial charge in [0.15, 0.2) is 5.82 Å². The van der Waals surface area contributed by atoms with Crippen LogP contribution < -0.4 is 5.32 Å². The van der Waals surface area contributed by atoms with Gasteiger partial charge in [-0.1, -0.05) is 5.16 Å². The summed E-state index contributed by atoms with van der Waals surface area (Å²) < 4.78 is 4.24. The van der Waals surface area contributed by atoms with Crippen molar-refractivity contribution in [1.82, 2.24) is 10.3 Å². The molecule has 0 aromatic carbocycles. The third kappa shape index (κ3) is 0.677. The van der Waals surface area contributed by atoms with Crippen LogP contribution >= 0.6 is 0 Å². The molecule has 7 heavy (non-hydrogen) atoms. The van der Waals surface area contributed by atoms with E-state index in [0.717, 1.165) is 0 Å². The molecule has 1 heterocycles. The van der Waals surface area contributed by atoms with Crippen LogP contribution in [0.2, 0.25) is 0 Å². The summed E-state index contributed by atoms with van der Waals surface area (Å²) in [6.45, 7) is 0. The minimum absolute atomic E-state index is 0.653. The van der Waals surface area contributed by atoms with Crippen LogP contribution in [-0.2, 0) is 0 Å². The number of rotatable bonds is 1. The van der Waals surface area contributed by atoms with Gasteiger partial charge in [-0.2, -0.15) is 0 Å². The Morgan fingerprint density at radius 2 is 2.71 bits per heavy atom. The average molecular weight is 99.1 g/mol. The molecule has 0 amide bonds. The van der Waals surface area contributed by atoms with Crippen molar-refractivity contribution >= 4 is 5.82 Å². The number of hydrogen-bond acceptors (Lipinski definition) is 4. The molecule has 1 aromatic rings. The van der Waals surface area contributed by atoms with Crippen LogP contribution in [0.15, 0.2) is 10.8 Å². The SMILES string of the molecule is CNc1cnon1. The van der Waals surface area contributed by atoms with Crippen LogP contribution in [-0.4, -0.2) is 17.4 Å². The molecule has 0 bridgehead atoms. The van der Waals surface area contributed by atoms with E-state index in [-0.39, 0.29) is 0 Å². The van der Waals surface area contributed by atoms with Crippen molar-refractivity contribution in [2.45, 2.75) is 0 Å². The predicted octanol–water partition coefficient (Wildman–Crippen LogP) is 0.111. The first-order valence-electron chi connectivity index (χ1n) is 1.89.